The minimum atomic E-state index is 1.11. The minimum Gasteiger partial charge on any atom is -0.310 e. The molecule has 0 saturated heterocycles. The minimum absolute atomic E-state index is 1.11. The monoisotopic (exact) mass is 673 g/mol. The predicted octanol–water partition coefficient (Wildman–Crippen LogP) is 14.8. The van der Waals surface area contributed by atoms with Crippen LogP contribution < -0.4 is 4.90 Å². The van der Waals surface area contributed by atoms with Gasteiger partial charge in [-0.2, -0.15) is 0 Å². The van der Waals surface area contributed by atoms with Crippen molar-refractivity contribution in [2.24, 2.45) is 0 Å². The Morgan fingerprint density at radius 1 is 0.226 bits per heavy atom. The summed E-state index contributed by atoms with van der Waals surface area (Å²) in [7, 11) is 0. The fourth-order valence-electron chi connectivity index (χ4n) is 8.06. The molecule has 0 unspecified atom stereocenters. The molecule has 0 bridgehead atoms. The lowest BCUT2D eigenvalue weighted by Gasteiger charge is -2.26. The van der Waals surface area contributed by atoms with Crippen LogP contribution in [0, 0.1) is 0 Å². The third-order valence-corrected chi connectivity index (χ3v) is 10.7. The van der Waals surface area contributed by atoms with Gasteiger partial charge in [0.2, 0.25) is 0 Å². The Morgan fingerprint density at radius 3 is 1.25 bits per heavy atom. The largest absolute Gasteiger partial charge is 0.310 e. The van der Waals surface area contributed by atoms with Gasteiger partial charge in [-0.05, 0) is 113 Å². The number of anilines is 3. The van der Waals surface area contributed by atoms with E-state index >= 15 is 0 Å². The number of fused-ring (bicyclic) bond motifs is 5. The maximum absolute atomic E-state index is 2.38. The van der Waals surface area contributed by atoms with Crippen LogP contribution in [0.3, 0.4) is 0 Å². The van der Waals surface area contributed by atoms with Crippen LogP contribution in [0.1, 0.15) is 0 Å². The lowest BCUT2D eigenvalue weighted by Crippen LogP contribution is -2.10. The SMILES string of the molecule is c1ccc(-c2cccc3c(-c4ccc(N(c5ccc(-c6cccc7ccccc67)cc5)c5ccc6ccc7ccccc7c6c5)cc4)cccc23)cc1. The molecule has 0 atom stereocenters. The zero-order valence-corrected chi connectivity index (χ0v) is 29.2. The van der Waals surface area contributed by atoms with Crippen molar-refractivity contribution in [3.05, 3.63) is 212 Å². The molecule has 1 heteroatoms. The Labute approximate surface area is 309 Å². The second-order valence-corrected chi connectivity index (χ2v) is 13.7. The fourth-order valence-corrected chi connectivity index (χ4v) is 8.06. The van der Waals surface area contributed by atoms with Crippen molar-refractivity contribution in [2.75, 3.05) is 4.90 Å². The molecular weight excluding hydrogens is 639 g/mol. The highest BCUT2D eigenvalue weighted by Gasteiger charge is 2.16. The van der Waals surface area contributed by atoms with Crippen LogP contribution in [-0.4, -0.2) is 0 Å². The van der Waals surface area contributed by atoms with Crippen molar-refractivity contribution in [1.82, 2.24) is 0 Å². The Balaban J connectivity index is 1.09. The Kier molecular flexibility index (Phi) is 7.55. The van der Waals surface area contributed by atoms with Gasteiger partial charge in [0.25, 0.3) is 0 Å². The van der Waals surface area contributed by atoms with Crippen LogP contribution in [0.4, 0.5) is 17.1 Å². The average molecular weight is 674 g/mol. The van der Waals surface area contributed by atoms with E-state index in [1.165, 1.54) is 76.5 Å². The summed E-state index contributed by atoms with van der Waals surface area (Å²) in [5.41, 5.74) is 10.7. The molecule has 10 rings (SSSR count). The lowest BCUT2D eigenvalue weighted by molar-refractivity contribution is 1.29. The molecule has 0 heterocycles. The van der Waals surface area contributed by atoms with E-state index in [1.807, 2.05) is 0 Å². The molecule has 53 heavy (non-hydrogen) atoms. The number of nitrogens with zero attached hydrogens (tertiary/aromatic N) is 1. The molecule has 0 aliphatic heterocycles. The molecule has 248 valence electrons. The van der Waals surface area contributed by atoms with Gasteiger partial charge in [0.15, 0.2) is 0 Å². The van der Waals surface area contributed by atoms with Crippen LogP contribution in [0.2, 0.25) is 0 Å². The molecular formula is C52H35N. The molecule has 10 aromatic rings. The van der Waals surface area contributed by atoms with E-state index in [9.17, 15) is 0 Å². The van der Waals surface area contributed by atoms with Gasteiger partial charge in [-0.1, -0.05) is 176 Å². The van der Waals surface area contributed by atoms with E-state index in [-0.39, 0.29) is 0 Å². The number of hydrogen-bond donors (Lipinski definition) is 0. The van der Waals surface area contributed by atoms with Crippen LogP contribution in [0.15, 0.2) is 212 Å². The molecule has 0 spiro atoms. The summed E-state index contributed by atoms with van der Waals surface area (Å²) in [6.45, 7) is 0. The van der Waals surface area contributed by atoms with Crippen molar-refractivity contribution in [1.29, 1.82) is 0 Å². The van der Waals surface area contributed by atoms with E-state index in [1.54, 1.807) is 0 Å². The average Bonchev–Trinajstić information content (AvgIpc) is 3.24. The van der Waals surface area contributed by atoms with Gasteiger partial charge in [0.05, 0.1) is 0 Å². The van der Waals surface area contributed by atoms with Gasteiger partial charge in [-0.25, -0.2) is 0 Å². The summed E-state index contributed by atoms with van der Waals surface area (Å²) in [6, 6.07) is 77.2. The first-order valence-corrected chi connectivity index (χ1v) is 18.3. The summed E-state index contributed by atoms with van der Waals surface area (Å²) in [5.74, 6) is 0. The number of benzene rings is 10. The standard InChI is InChI=1S/C52H35N/c1-2-11-36(12-3-1)47-19-9-22-51-48(20-10-21-50(47)51)40-27-32-43(33-28-40)53(44-34-29-41-24-23-38-14-5-7-17-49(38)52(41)35-44)42-30-25-39(26-31-42)46-18-8-15-37-13-4-6-16-45(37)46/h1-35H. The summed E-state index contributed by atoms with van der Waals surface area (Å²) >= 11 is 0. The molecule has 0 radical (unpaired) electrons. The number of rotatable bonds is 6. The van der Waals surface area contributed by atoms with Gasteiger partial charge < -0.3 is 4.90 Å². The van der Waals surface area contributed by atoms with E-state index in [2.05, 4.69) is 217 Å². The van der Waals surface area contributed by atoms with Gasteiger partial charge in [0.1, 0.15) is 0 Å². The van der Waals surface area contributed by atoms with Gasteiger partial charge >= 0.3 is 0 Å². The fraction of sp³-hybridized carbons (Fsp3) is 0. The first kappa shape index (κ1) is 30.8. The zero-order valence-electron chi connectivity index (χ0n) is 29.2. The van der Waals surface area contributed by atoms with Crippen molar-refractivity contribution in [2.45, 2.75) is 0 Å². The maximum Gasteiger partial charge on any atom is 0.0468 e. The van der Waals surface area contributed by atoms with Gasteiger partial charge in [-0.15, -0.1) is 0 Å². The Morgan fingerprint density at radius 2 is 0.623 bits per heavy atom. The van der Waals surface area contributed by atoms with Crippen LogP contribution in [0.5, 0.6) is 0 Å². The third kappa shape index (κ3) is 5.51. The Hall–Kier alpha value is -6.96. The molecule has 0 aliphatic carbocycles. The Bertz CT molecular complexity index is 2920. The normalized spacial score (nSPS) is 11.4. The van der Waals surface area contributed by atoms with E-state index in [0.717, 1.165) is 17.1 Å². The highest BCUT2D eigenvalue weighted by Crippen LogP contribution is 2.41. The topological polar surface area (TPSA) is 3.24 Å². The number of hydrogen-bond acceptors (Lipinski definition) is 1. The van der Waals surface area contributed by atoms with E-state index < -0.39 is 0 Å². The highest BCUT2D eigenvalue weighted by atomic mass is 15.1. The van der Waals surface area contributed by atoms with Gasteiger partial charge in [-0.3, -0.25) is 0 Å². The molecule has 0 saturated carbocycles. The van der Waals surface area contributed by atoms with Crippen molar-refractivity contribution in [3.8, 4) is 33.4 Å². The van der Waals surface area contributed by atoms with Crippen molar-refractivity contribution >= 4 is 60.2 Å². The van der Waals surface area contributed by atoms with Crippen LogP contribution in [-0.2, 0) is 0 Å². The van der Waals surface area contributed by atoms with Crippen molar-refractivity contribution in [3.63, 3.8) is 0 Å². The molecule has 10 aromatic carbocycles. The summed E-state index contributed by atoms with van der Waals surface area (Å²) in [6.07, 6.45) is 0. The first-order chi connectivity index (χ1) is 26.3. The molecule has 1 nitrogen and oxygen atoms in total. The smallest absolute Gasteiger partial charge is 0.0468 e. The molecule has 0 fully saturated rings. The first-order valence-electron chi connectivity index (χ1n) is 18.3. The second kappa shape index (κ2) is 13.0. The van der Waals surface area contributed by atoms with E-state index in [4.69, 9.17) is 0 Å². The maximum atomic E-state index is 2.38. The summed E-state index contributed by atoms with van der Waals surface area (Å²) < 4.78 is 0. The molecule has 0 aliphatic rings. The highest BCUT2D eigenvalue weighted by molar-refractivity contribution is 6.09. The summed E-state index contributed by atoms with van der Waals surface area (Å²) in [5, 5.41) is 10.0. The predicted molar refractivity (Wildman–Crippen MR) is 227 cm³/mol. The van der Waals surface area contributed by atoms with Gasteiger partial charge in [0, 0.05) is 17.1 Å². The van der Waals surface area contributed by atoms with Crippen LogP contribution >= 0.6 is 0 Å². The zero-order chi connectivity index (χ0) is 35.1. The lowest BCUT2D eigenvalue weighted by atomic mass is 9.93. The van der Waals surface area contributed by atoms with E-state index in [0.29, 0.717) is 0 Å². The van der Waals surface area contributed by atoms with Crippen LogP contribution in [0.25, 0.3) is 76.5 Å². The van der Waals surface area contributed by atoms with Crippen molar-refractivity contribution < 1.29 is 0 Å². The second-order valence-electron chi connectivity index (χ2n) is 13.7. The molecule has 0 N–H and O–H groups in total. The molecule has 0 amide bonds. The summed E-state index contributed by atoms with van der Waals surface area (Å²) in [4.78, 5) is 2.38. The quantitative estimate of drug-likeness (QED) is 0.159. The molecule has 0 aromatic heterocycles. The third-order valence-electron chi connectivity index (χ3n) is 10.7.